The van der Waals surface area contributed by atoms with Crippen LogP contribution in [0.25, 0.3) is 0 Å². The van der Waals surface area contributed by atoms with Crippen molar-refractivity contribution in [2.24, 2.45) is 0 Å². The second-order valence-corrected chi connectivity index (χ2v) is 1.60. The molecule has 1 rings (SSSR count). The maximum absolute atomic E-state index is 10.2. The topological polar surface area (TPSA) is 116 Å². The van der Waals surface area contributed by atoms with E-state index in [1.165, 1.54) is 6.92 Å². The molecule has 0 aliphatic rings. The monoisotopic (exact) mass is 173 g/mol. The summed E-state index contributed by atoms with van der Waals surface area (Å²) in [4.78, 5) is 44.7. The van der Waals surface area contributed by atoms with Crippen molar-refractivity contribution in [3.8, 4) is 0 Å². The number of aromatic amines is 3. The van der Waals surface area contributed by atoms with Crippen molar-refractivity contribution in [1.82, 2.24) is 15.0 Å². The summed E-state index contributed by atoms with van der Waals surface area (Å²) in [6.45, 7) is 1.44. The maximum atomic E-state index is 10.2. The molecule has 1 aromatic rings. The number of aromatic nitrogens is 3. The Kier molecular flexibility index (Phi) is 4.06. The number of hydrogen-bond donors (Lipinski definition) is 3. The highest BCUT2D eigenvalue weighted by Crippen LogP contribution is 1.29. The van der Waals surface area contributed by atoms with Gasteiger partial charge in [-0.3, -0.25) is 15.0 Å². The molecule has 66 valence electrons. The zero-order valence-corrected chi connectivity index (χ0v) is 6.21. The molecule has 0 amide bonds. The molecular weight excluding hydrogens is 166 g/mol. The summed E-state index contributed by atoms with van der Waals surface area (Å²) in [6.07, 6.45) is 0.750. The van der Waals surface area contributed by atoms with Crippen molar-refractivity contribution in [2.45, 2.75) is 6.92 Å². The van der Waals surface area contributed by atoms with E-state index >= 15 is 0 Å². The standard InChI is InChI=1S/C3H3N3O3.C2H4O/c7-1-4-2(8)6-3(9)5-1;1-2-3/h(H3,4,5,6,7,8,9);2H,1H3. The van der Waals surface area contributed by atoms with Gasteiger partial charge in [0.15, 0.2) is 0 Å². The molecule has 0 unspecified atom stereocenters. The molecule has 0 atom stereocenters. The molecule has 0 aliphatic heterocycles. The first-order valence-corrected chi connectivity index (χ1v) is 2.93. The molecule has 1 aromatic heterocycles. The van der Waals surface area contributed by atoms with Gasteiger partial charge in [0.1, 0.15) is 6.29 Å². The van der Waals surface area contributed by atoms with Gasteiger partial charge in [0.2, 0.25) is 0 Å². The third-order valence-electron chi connectivity index (χ3n) is 0.681. The number of hydrogen-bond acceptors (Lipinski definition) is 4. The second-order valence-electron chi connectivity index (χ2n) is 1.60. The van der Waals surface area contributed by atoms with E-state index in [0.29, 0.717) is 0 Å². The fourth-order valence-electron chi connectivity index (χ4n) is 0.403. The van der Waals surface area contributed by atoms with Gasteiger partial charge in [-0.25, -0.2) is 14.4 Å². The van der Waals surface area contributed by atoms with Crippen molar-refractivity contribution < 1.29 is 4.79 Å². The molecule has 0 spiro atoms. The lowest BCUT2D eigenvalue weighted by Gasteiger charge is -1.77. The SMILES string of the molecule is CC=O.O=c1[nH]c(=O)[nH]c(=O)[nH]1. The molecule has 0 fully saturated rings. The van der Waals surface area contributed by atoms with Gasteiger partial charge >= 0.3 is 17.1 Å². The Hall–Kier alpha value is -1.92. The van der Waals surface area contributed by atoms with Crippen molar-refractivity contribution in [3.63, 3.8) is 0 Å². The Balaban J connectivity index is 0.000000354. The minimum absolute atomic E-state index is 0.750. The lowest BCUT2D eigenvalue weighted by atomic mass is 11.0. The van der Waals surface area contributed by atoms with Gasteiger partial charge in [-0.15, -0.1) is 0 Å². The molecule has 3 N–H and O–H groups in total. The van der Waals surface area contributed by atoms with Crippen LogP contribution in [0.4, 0.5) is 0 Å². The zero-order chi connectivity index (χ0) is 9.56. The quantitative estimate of drug-likeness (QED) is 0.392. The van der Waals surface area contributed by atoms with Gasteiger partial charge in [0.25, 0.3) is 0 Å². The molecule has 12 heavy (non-hydrogen) atoms. The van der Waals surface area contributed by atoms with Crippen LogP contribution in [0.2, 0.25) is 0 Å². The lowest BCUT2D eigenvalue weighted by molar-refractivity contribution is -0.106. The third kappa shape index (κ3) is 3.99. The summed E-state index contributed by atoms with van der Waals surface area (Å²) in [5.41, 5.74) is -2.41. The van der Waals surface area contributed by atoms with Crippen LogP contribution in [0, 0.1) is 0 Å². The summed E-state index contributed by atoms with van der Waals surface area (Å²) < 4.78 is 0. The van der Waals surface area contributed by atoms with Crippen LogP contribution < -0.4 is 17.1 Å². The Morgan fingerprint density at radius 2 is 1.08 bits per heavy atom. The van der Waals surface area contributed by atoms with Gasteiger partial charge in [0.05, 0.1) is 0 Å². The van der Waals surface area contributed by atoms with E-state index < -0.39 is 17.1 Å². The molecule has 0 aromatic carbocycles. The average molecular weight is 173 g/mol. The molecule has 0 saturated carbocycles. The van der Waals surface area contributed by atoms with Crippen LogP contribution in [-0.4, -0.2) is 21.2 Å². The van der Waals surface area contributed by atoms with Crippen LogP contribution in [-0.2, 0) is 4.79 Å². The third-order valence-corrected chi connectivity index (χ3v) is 0.681. The first kappa shape index (κ1) is 10.1. The Bertz CT molecular complexity index is 319. The number of aldehydes is 1. The smallest absolute Gasteiger partial charge is 0.304 e. The predicted molar refractivity (Wildman–Crippen MR) is 40.0 cm³/mol. The highest BCUT2D eigenvalue weighted by molar-refractivity contribution is 5.44. The Labute approximate surface area is 65.5 Å². The van der Waals surface area contributed by atoms with Gasteiger partial charge in [-0.2, -0.15) is 0 Å². The summed E-state index contributed by atoms with van der Waals surface area (Å²) in [6, 6.07) is 0. The van der Waals surface area contributed by atoms with E-state index in [4.69, 9.17) is 4.79 Å². The summed E-state index contributed by atoms with van der Waals surface area (Å²) in [5, 5.41) is 0. The Morgan fingerprint density at radius 3 is 1.25 bits per heavy atom. The number of rotatable bonds is 0. The number of carbonyl (C=O) groups excluding carboxylic acids is 1. The first-order valence-electron chi connectivity index (χ1n) is 2.93. The fraction of sp³-hybridized carbons (Fsp3) is 0.200. The average Bonchev–Trinajstić information content (AvgIpc) is 1.84. The van der Waals surface area contributed by atoms with Crippen molar-refractivity contribution in [3.05, 3.63) is 31.5 Å². The number of H-pyrrole nitrogens is 3. The van der Waals surface area contributed by atoms with E-state index in [2.05, 4.69) is 0 Å². The van der Waals surface area contributed by atoms with Crippen molar-refractivity contribution in [1.29, 1.82) is 0 Å². The number of carbonyl (C=O) groups is 1. The van der Waals surface area contributed by atoms with Gasteiger partial charge in [0, 0.05) is 0 Å². The predicted octanol–water partition coefficient (Wildman–Crippen LogP) is -2.04. The van der Waals surface area contributed by atoms with Crippen molar-refractivity contribution in [2.75, 3.05) is 0 Å². The van der Waals surface area contributed by atoms with Crippen LogP contribution in [0.3, 0.4) is 0 Å². The molecule has 0 radical (unpaired) electrons. The molecule has 0 saturated heterocycles. The van der Waals surface area contributed by atoms with Gasteiger partial charge < -0.3 is 4.79 Å². The maximum Gasteiger partial charge on any atom is 0.330 e. The number of nitrogens with one attached hydrogen (secondary N) is 3. The first-order chi connectivity index (χ1) is 5.60. The van der Waals surface area contributed by atoms with E-state index in [1.54, 1.807) is 15.0 Å². The lowest BCUT2D eigenvalue weighted by Crippen LogP contribution is -2.34. The largest absolute Gasteiger partial charge is 0.330 e. The van der Waals surface area contributed by atoms with E-state index in [9.17, 15) is 14.4 Å². The van der Waals surface area contributed by atoms with E-state index in [0.717, 1.165) is 6.29 Å². The highest BCUT2D eigenvalue weighted by atomic mass is 16.2. The highest BCUT2D eigenvalue weighted by Gasteiger charge is 1.84. The van der Waals surface area contributed by atoms with Gasteiger partial charge in [-0.05, 0) is 6.92 Å². The van der Waals surface area contributed by atoms with Crippen LogP contribution >= 0.6 is 0 Å². The van der Waals surface area contributed by atoms with Crippen LogP contribution in [0.5, 0.6) is 0 Å². The molecule has 7 nitrogen and oxygen atoms in total. The summed E-state index contributed by atoms with van der Waals surface area (Å²) in [5.74, 6) is 0. The normalized spacial score (nSPS) is 8.08. The zero-order valence-electron chi connectivity index (χ0n) is 6.21. The van der Waals surface area contributed by atoms with E-state index in [1.807, 2.05) is 0 Å². The molecule has 0 aliphatic carbocycles. The van der Waals surface area contributed by atoms with E-state index in [-0.39, 0.29) is 0 Å². The second kappa shape index (κ2) is 4.83. The minimum atomic E-state index is -0.802. The summed E-state index contributed by atoms with van der Waals surface area (Å²) in [7, 11) is 0. The molecular formula is C5H7N3O4. The molecule has 7 heteroatoms. The minimum Gasteiger partial charge on any atom is -0.304 e. The van der Waals surface area contributed by atoms with Crippen LogP contribution in [0.1, 0.15) is 6.92 Å². The Morgan fingerprint density at radius 1 is 0.917 bits per heavy atom. The molecule has 0 bridgehead atoms. The summed E-state index contributed by atoms with van der Waals surface area (Å²) >= 11 is 0. The van der Waals surface area contributed by atoms with Crippen LogP contribution in [0.15, 0.2) is 14.4 Å². The fourth-order valence-corrected chi connectivity index (χ4v) is 0.403. The molecule has 1 heterocycles. The van der Waals surface area contributed by atoms with Gasteiger partial charge in [-0.1, -0.05) is 0 Å². The van der Waals surface area contributed by atoms with Crippen molar-refractivity contribution >= 4 is 6.29 Å².